The molecule has 1 aromatic carbocycles. The van der Waals surface area contributed by atoms with Crippen LogP contribution in [-0.2, 0) is 0 Å². The number of nitrogen functional groups attached to an aromatic ring is 1. The lowest BCUT2D eigenvalue weighted by atomic mass is 10.1. The second-order valence-corrected chi connectivity index (χ2v) is 5.70. The van der Waals surface area contributed by atoms with Crippen LogP contribution in [0.15, 0.2) is 30.3 Å². The highest BCUT2D eigenvalue weighted by molar-refractivity contribution is 6.07. The summed E-state index contributed by atoms with van der Waals surface area (Å²) >= 11 is 0. The van der Waals surface area contributed by atoms with Crippen molar-refractivity contribution in [2.75, 3.05) is 17.7 Å². The SMILES string of the molecule is CCCC#CCOc1cccc(NC(=O)c2cc(C)c(C)nc2N)c1. The number of carbonyl (C=O) groups excluding carboxylic acids is 1. The van der Waals surface area contributed by atoms with Gasteiger partial charge in [-0.05, 0) is 44.0 Å². The fourth-order valence-corrected chi connectivity index (χ4v) is 2.15. The molecule has 0 fully saturated rings. The molecule has 2 aromatic rings. The second kappa shape index (κ2) is 8.74. The van der Waals surface area contributed by atoms with E-state index in [-0.39, 0.29) is 11.7 Å². The minimum Gasteiger partial charge on any atom is -0.481 e. The Balaban J connectivity index is 2.05. The highest BCUT2D eigenvalue weighted by atomic mass is 16.5. The molecule has 0 unspecified atom stereocenters. The molecule has 0 atom stereocenters. The van der Waals surface area contributed by atoms with Crippen LogP contribution in [0.2, 0.25) is 0 Å². The number of hydrogen-bond donors (Lipinski definition) is 2. The molecule has 3 N–H and O–H groups in total. The fourth-order valence-electron chi connectivity index (χ4n) is 2.15. The number of nitrogens with one attached hydrogen (secondary N) is 1. The largest absolute Gasteiger partial charge is 0.481 e. The van der Waals surface area contributed by atoms with E-state index in [1.807, 2.05) is 26.0 Å². The molecule has 0 saturated carbocycles. The molecule has 1 heterocycles. The number of nitrogens with zero attached hydrogens (tertiary/aromatic N) is 1. The molecule has 1 amide bonds. The lowest BCUT2D eigenvalue weighted by Crippen LogP contribution is -2.15. The fraction of sp³-hybridized carbons (Fsp3) is 0.300. The summed E-state index contributed by atoms with van der Waals surface area (Å²) in [6, 6.07) is 8.93. The molecule has 5 nitrogen and oxygen atoms in total. The number of pyridine rings is 1. The molecule has 2 rings (SSSR count). The van der Waals surface area contributed by atoms with Gasteiger partial charge in [-0.3, -0.25) is 4.79 Å². The van der Waals surface area contributed by atoms with Crippen LogP contribution in [-0.4, -0.2) is 17.5 Å². The third-order valence-corrected chi connectivity index (χ3v) is 3.64. The van der Waals surface area contributed by atoms with Crippen molar-refractivity contribution in [2.45, 2.75) is 33.6 Å². The summed E-state index contributed by atoms with van der Waals surface area (Å²) in [7, 11) is 0. The van der Waals surface area contributed by atoms with Crippen molar-refractivity contribution in [1.29, 1.82) is 0 Å². The molecule has 0 saturated heterocycles. The van der Waals surface area contributed by atoms with Gasteiger partial charge < -0.3 is 15.8 Å². The highest BCUT2D eigenvalue weighted by Gasteiger charge is 2.13. The monoisotopic (exact) mass is 337 g/mol. The van der Waals surface area contributed by atoms with Gasteiger partial charge >= 0.3 is 0 Å². The first kappa shape index (κ1) is 18.3. The van der Waals surface area contributed by atoms with Crippen LogP contribution in [0.5, 0.6) is 5.75 Å². The maximum atomic E-state index is 12.4. The van der Waals surface area contributed by atoms with Crippen LogP contribution >= 0.6 is 0 Å². The van der Waals surface area contributed by atoms with Crippen LogP contribution < -0.4 is 15.8 Å². The van der Waals surface area contributed by atoms with E-state index >= 15 is 0 Å². The Hall–Kier alpha value is -3.00. The number of unbranched alkanes of at least 4 members (excludes halogenated alkanes) is 1. The minimum atomic E-state index is -0.298. The van der Waals surface area contributed by atoms with Crippen molar-refractivity contribution >= 4 is 17.4 Å². The van der Waals surface area contributed by atoms with Crippen molar-refractivity contribution < 1.29 is 9.53 Å². The number of nitrogens with two attached hydrogens (primary N) is 1. The molecule has 5 heteroatoms. The van der Waals surface area contributed by atoms with Crippen LogP contribution in [0.25, 0.3) is 0 Å². The van der Waals surface area contributed by atoms with Gasteiger partial charge in [0.25, 0.3) is 5.91 Å². The number of ether oxygens (including phenoxy) is 1. The Kier molecular flexibility index (Phi) is 6.41. The Bertz CT molecular complexity index is 819. The molecule has 25 heavy (non-hydrogen) atoms. The third-order valence-electron chi connectivity index (χ3n) is 3.64. The van der Waals surface area contributed by atoms with Gasteiger partial charge in [-0.25, -0.2) is 4.98 Å². The van der Waals surface area contributed by atoms with Gasteiger partial charge in [-0.1, -0.05) is 24.8 Å². The predicted octanol–water partition coefficient (Wildman–Crippen LogP) is 3.72. The lowest BCUT2D eigenvalue weighted by molar-refractivity contribution is 0.102. The first-order valence-electron chi connectivity index (χ1n) is 8.25. The molecule has 0 radical (unpaired) electrons. The van der Waals surface area contributed by atoms with E-state index in [0.717, 1.165) is 24.1 Å². The van der Waals surface area contributed by atoms with Crippen molar-refractivity contribution in [1.82, 2.24) is 4.98 Å². The van der Waals surface area contributed by atoms with Gasteiger partial charge in [0, 0.05) is 23.9 Å². The molecule has 0 bridgehead atoms. The van der Waals surface area contributed by atoms with Gasteiger partial charge in [-0.15, -0.1) is 0 Å². The van der Waals surface area contributed by atoms with E-state index < -0.39 is 0 Å². The molecule has 130 valence electrons. The van der Waals surface area contributed by atoms with E-state index in [1.165, 1.54) is 0 Å². The summed E-state index contributed by atoms with van der Waals surface area (Å²) in [4.78, 5) is 16.6. The maximum Gasteiger partial charge on any atom is 0.259 e. The Morgan fingerprint density at radius 1 is 1.28 bits per heavy atom. The van der Waals surface area contributed by atoms with Gasteiger partial charge in [-0.2, -0.15) is 0 Å². The third kappa shape index (κ3) is 5.25. The molecule has 0 aliphatic heterocycles. The minimum absolute atomic E-state index is 0.221. The van der Waals surface area contributed by atoms with E-state index in [2.05, 4.69) is 29.1 Å². The van der Waals surface area contributed by atoms with Crippen molar-refractivity contribution in [3.8, 4) is 17.6 Å². The number of amides is 1. The van der Waals surface area contributed by atoms with E-state index in [0.29, 0.717) is 23.6 Å². The molecule has 1 aromatic heterocycles. The van der Waals surface area contributed by atoms with Gasteiger partial charge in [0.1, 0.15) is 18.2 Å². The van der Waals surface area contributed by atoms with Gasteiger partial charge in [0.15, 0.2) is 0 Å². The van der Waals surface area contributed by atoms with Crippen molar-refractivity contribution in [2.24, 2.45) is 0 Å². The zero-order chi connectivity index (χ0) is 18.2. The first-order valence-corrected chi connectivity index (χ1v) is 8.25. The number of aryl methyl sites for hydroxylation is 2. The number of carbonyl (C=O) groups is 1. The van der Waals surface area contributed by atoms with Crippen molar-refractivity contribution in [3.63, 3.8) is 0 Å². The zero-order valence-corrected chi connectivity index (χ0v) is 14.8. The summed E-state index contributed by atoms with van der Waals surface area (Å²) in [5, 5.41) is 2.82. The second-order valence-electron chi connectivity index (χ2n) is 5.70. The van der Waals surface area contributed by atoms with E-state index in [4.69, 9.17) is 10.5 Å². The Labute approximate surface area is 148 Å². The summed E-state index contributed by atoms with van der Waals surface area (Å²) in [6.07, 6.45) is 1.90. The lowest BCUT2D eigenvalue weighted by Gasteiger charge is -2.10. The summed E-state index contributed by atoms with van der Waals surface area (Å²) in [6.45, 7) is 6.16. The van der Waals surface area contributed by atoms with Crippen LogP contribution in [0, 0.1) is 25.7 Å². The van der Waals surface area contributed by atoms with Crippen LogP contribution in [0.4, 0.5) is 11.5 Å². The average Bonchev–Trinajstić information content (AvgIpc) is 2.58. The number of anilines is 2. The number of hydrogen-bond acceptors (Lipinski definition) is 4. The number of aromatic nitrogens is 1. The number of benzene rings is 1. The first-order chi connectivity index (χ1) is 12.0. The molecular formula is C20H23N3O2. The molecular weight excluding hydrogens is 314 g/mol. The van der Waals surface area contributed by atoms with Crippen LogP contribution in [0.3, 0.4) is 0 Å². The van der Waals surface area contributed by atoms with E-state index in [1.54, 1.807) is 18.2 Å². The Morgan fingerprint density at radius 2 is 2.08 bits per heavy atom. The molecule has 0 aliphatic carbocycles. The molecule has 0 aliphatic rings. The highest BCUT2D eigenvalue weighted by Crippen LogP contribution is 2.20. The van der Waals surface area contributed by atoms with Crippen molar-refractivity contribution in [3.05, 3.63) is 47.2 Å². The summed E-state index contributed by atoms with van der Waals surface area (Å²) < 4.78 is 5.58. The zero-order valence-electron chi connectivity index (χ0n) is 14.8. The topological polar surface area (TPSA) is 77.2 Å². The van der Waals surface area contributed by atoms with Gasteiger partial charge in [0.05, 0.1) is 5.56 Å². The number of rotatable bonds is 5. The smallest absolute Gasteiger partial charge is 0.259 e. The van der Waals surface area contributed by atoms with E-state index in [9.17, 15) is 4.79 Å². The maximum absolute atomic E-state index is 12.4. The standard InChI is InChI=1S/C20H23N3O2/c1-4-5-6-7-11-25-17-10-8-9-16(13-17)23-20(24)18-12-14(2)15(3)22-19(18)21/h8-10,12-13H,4-5,11H2,1-3H3,(H2,21,22)(H,23,24). The van der Waals surface area contributed by atoms with Gasteiger partial charge in [0.2, 0.25) is 0 Å². The van der Waals surface area contributed by atoms with Crippen LogP contribution in [0.1, 0.15) is 41.4 Å². The quantitative estimate of drug-likeness (QED) is 0.815. The normalized spacial score (nSPS) is 9.88. The summed E-state index contributed by atoms with van der Waals surface area (Å²) in [5.41, 5.74) is 8.59. The predicted molar refractivity (Wildman–Crippen MR) is 101 cm³/mol. The Morgan fingerprint density at radius 3 is 2.84 bits per heavy atom. The average molecular weight is 337 g/mol. The summed E-state index contributed by atoms with van der Waals surface area (Å²) in [5.74, 6) is 6.55. The molecule has 0 spiro atoms.